The number of halogens is 1. The molecule has 0 aromatic heterocycles. The Bertz CT molecular complexity index is 536. The monoisotopic (exact) mass is 241 g/mol. The molecule has 1 unspecified atom stereocenters. The first-order valence-electron chi connectivity index (χ1n) is 6.36. The van der Waals surface area contributed by atoms with Gasteiger partial charge in [-0.1, -0.05) is 36.4 Å². The molecule has 0 fully saturated rings. The topological polar surface area (TPSA) is 12.0 Å². The molecule has 0 aliphatic carbocycles. The molecule has 2 heteroatoms. The minimum atomic E-state index is -0.142. The van der Waals surface area contributed by atoms with Crippen LogP contribution in [0.25, 0.3) is 0 Å². The molecule has 1 heterocycles. The Hall–Kier alpha value is -1.67. The highest BCUT2D eigenvalue weighted by Gasteiger charge is 2.18. The SMILES string of the molecule is Fc1ccc2c(c1)CNC(Cc1ccccc1)C2. The van der Waals surface area contributed by atoms with Crippen LogP contribution in [0, 0.1) is 5.82 Å². The summed E-state index contributed by atoms with van der Waals surface area (Å²) >= 11 is 0. The van der Waals surface area contributed by atoms with Crippen LogP contribution in [0.2, 0.25) is 0 Å². The summed E-state index contributed by atoms with van der Waals surface area (Å²) in [4.78, 5) is 0. The summed E-state index contributed by atoms with van der Waals surface area (Å²) in [7, 11) is 0. The van der Waals surface area contributed by atoms with Crippen LogP contribution in [0.3, 0.4) is 0 Å². The van der Waals surface area contributed by atoms with Crippen LogP contribution in [0.1, 0.15) is 16.7 Å². The molecule has 1 nitrogen and oxygen atoms in total. The molecule has 2 aromatic carbocycles. The molecule has 1 atom stereocenters. The maximum Gasteiger partial charge on any atom is 0.123 e. The summed E-state index contributed by atoms with van der Waals surface area (Å²) in [6.45, 7) is 0.768. The maximum atomic E-state index is 13.1. The second-order valence-electron chi connectivity index (χ2n) is 4.88. The van der Waals surface area contributed by atoms with Gasteiger partial charge in [-0.15, -0.1) is 0 Å². The molecule has 0 spiro atoms. The standard InChI is InChI=1S/C16H16FN/c17-15-7-6-13-10-16(18-11-14(13)9-15)8-12-4-2-1-3-5-12/h1-7,9,16,18H,8,10-11H2. The molecular weight excluding hydrogens is 225 g/mol. The van der Waals surface area contributed by atoms with Gasteiger partial charge in [0.2, 0.25) is 0 Å². The normalized spacial score (nSPS) is 18.4. The first-order valence-corrected chi connectivity index (χ1v) is 6.36. The summed E-state index contributed by atoms with van der Waals surface area (Å²) in [5, 5.41) is 3.48. The molecule has 18 heavy (non-hydrogen) atoms. The van der Waals surface area contributed by atoms with Crippen molar-refractivity contribution < 1.29 is 4.39 Å². The van der Waals surface area contributed by atoms with E-state index in [0.717, 1.165) is 24.9 Å². The lowest BCUT2D eigenvalue weighted by molar-refractivity contribution is 0.474. The van der Waals surface area contributed by atoms with Crippen molar-refractivity contribution in [1.29, 1.82) is 0 Å². The Balaban J connectivity index is 1.73. The van der Waals surface area contributed by atoms with Crippen LogP contribution in [0.5, 0.6) is 0 Å². The molecule has 0 saturated carbocycles. The van der Waals surface area contributed by atoms with Crippen molar-refractivity contribution in [1.82, 2.24) is 5.32 Å². The zero-order valence-corrected chi connectivity index (χ0v) is 10.2. The second-order valence-corrected chi connectivity index (χ2v) is 4.88. The van der Waals surface area contributed by atoms with Crippen molar-refractivity contribution >= 4 is 0 Å². The molecule has 0 radical (unpaired) electrons. The summed E-state index contributed by atoms with van der Waals surface area (Å²) in [6.07, 6.45) is 2.00. The Morgan fingerprint density at radius 1 is 1.06 bits per heavy atom. The average molecular weight is 241 g/mol. The highest BCUT2D eigenvalue weighted by molar-refractivity contribution is 5.31. The van der Waals surface area contributed by atoms with Gasteiger partial charge >= 0.3 is 0 Å². The summed E-state index contributed by atoms with van der Waals surface area (Å²) in [5.41, 5.74) is 3.72. The van der Waals surface area contributed by atoms with Gasteiger partial charge in [0.05, 0.1) is 0 Å². The molecular formula is C16H16FN. The fourth-order valence-electron chi connectivity index (χ4n) is 2.59. The summed E-state index contributed by atoms with van der Waals surface area (Å²) in [5.74, 6) is -0.142. The number of benzene rings is 2. The van der Waals surface area contributed by atoms with Crippen LogP contribution in [-0.4, -0.2) is 6.04 Å². The fraction of sp³-hybridized carbons (Fsp3) is 0.250. The first-order chi connectivity index (χ1) is 8.81. The highest BCUT2D eigenvalue weighted by atomic mass is 19.1. The van der Waals surface area contributed by atoms with Crippen molar-refractivity contribution in [2.45, 2.75) is 25.4 Å². The third-order valence-corrected chi connectivity index (χ3v) is 3.54. The summed E-state index contributed by atoms with van der Waals surface area (Å²) < 4.78 is 13.1. The zero-order valence-electron chi connectivity index (χ0n) is 10.2. The van der Waals surface area contributed by atoms with Gasteiger partial charge in [-0.05, 0) is 41.7 Å². The van der Waals surface area contributed by atoms with Gasteiger partial charge in [-0.2, -0.15) is 0 Å². The van der Waals surface area contributed by atoms with E-state index in [9.17, 15) is 4.39 Å². The van der Waals surface area contributed by atoms with Gasteiger partial charge in [-0.25, -0.2) is 4.39 Å². The van der Waals surface area contributed by atoms with Crippen molar-refractivity contribution in [3.63, 3.8) is 0 Å². The molecule has 3 rings (SSSR count). The van der Waals surface area contributed by atoms with Gasteiger partial charge in [-0.3, -0.25) is 0 Å². The van der Waals surface area contributed by atoms with Crippen LogP contribution < -0.4 is 5.32 Å². The molecule has 0 bridgehead atoms. The van der Waals surface area contributed by atoms with Gasteiger partial charge in [0, 0.05) is 12.6 Å². The smallest absolute Gasteiger partial charge is 0.123 e. The largest absolute Gasteiger partial charge is 0.309 e. The van der Waals surface area contributed by atoms with E-state index < -0.39 is 0 Å². The van der Waals surface area contributed by atoms with Gasteiger partial charge < -0.3 is 5.32 Å². The summed E-state index contributed by atoms with van der Waals surface area (Å²) in [6, 6.07) is 16.1. The minimum Gasteiger partial charge on any atom is -0.309 e. The second kappa shape index (κ2) is 4.91. The average Bonchev–Trinajstić information content (AvgIpc) is 2.40. The number of fused-ring (bicyclic) bond motifs is 1. The van der Waals surface area contributed by atoms with E-state index in [4.69, 9.17) is 0 Å². The van der Waals surface area contributed by atoms with Gasteiger partial charge in [0.15, 0.2) is 0 Å². The van der Waals surface area contributed by atoms with Gasteiger partial charge in [0.25, 0.3) is 0 Å². The molecule has 2 aromatic rings. The molecule has 92 valence electrons. The van der Waals surface area contributed by atoms with Gasteiger partial charge in [0.1, 0.15) is 5.82 Å². The molecule has 1 aliphatic heterocycles. The van der Waals surface area contributed by atoms with Crippen molar-refractivity contribution in [3.8, 4) is 0 Å². The first kappa shape index (κ1) is 11.4. The van der Waals surface area contributed by atoms with Crippen molar-refractivity contribution in [3.05, 3.63) is 71.0 Å². The van der Waals surface area contributed by atoms with Crippen LogP contribution in [0.15, 0.2) is 48.5 Å². The van der Waals surface area contributed by atoms with E-state index in [1.807, 2.05) is 12.1 Å². The number of nitrogens with one attached hydrogen (secondary N) is 1. The Morgan fingerprint density at radius 3 is 2.72 bits per heavy atom. The van der Waals surface area contributed by atoms with Crippen LogP contribution in [0.4, 0.5) is 4.39 Å². The quantitative estimate of drug-likeness (QED) is 0.852. The van der Waals surface area contributed by atoms with Crippen molar-refractivity contribution in [2.24, 2.45) is 0 Å². The predicted molar refractivity (Wildman–Crippen MR) is 70.9 cm³/mol. The lowest BCUT2D eigenvalue weighted by Gasteiger charge is -2.26. The lowest BCUT2D eigenvalue weighted by atomic mass is 9.92. The highest BCUT2D eigenvalue weighted by Crippen LogP contribution is 2.19. The van der Waals surface area contributed by atoms with E-state index in [2.05, 4.69) is 29.6 Å². The Morgan fingerprint density at radius 2 is 1.89 bits per heavy atom. The fourth-order valence-corrected chi connectivity index (χ4v) is 2.59. The molecule has 1 N–H and O–H groups in total. The number of hydrogen-bond acceptors (Lipinski definition) is 1. The third kappa shape index (κ3) is 2.44. The van der Waals surface area contributed by atoms with E-state index in [1.54, 1.807) is 12.1 Å². The van der Waals surface area contributed by atoms with E-state index in [0.29, 0.717) is 6.04 Å². The number of rotatable bonds is 2. The zero-order chi connectivity index (χ0) is 12.4. The molecule has 0 saturated heterocycles. The Labute approximate surface area is 107 Å². The maximum absolute atomic E-state index is 13.1. The lowest BCUT2D eigenvalue weighted by Crippen LogP contribution is -2.37. The minimum absolute atomic E-state index is 0.142. The van der Waals surface area contributed by atoms with Crippen molar-refractivity contribution in [2.75, 3.05) is 0 Å². The number of hydrogen-bond donors (Lipinski definition) is 1. The third-order valence-electron chi connectivity index (χ3n) is 3.54. The van der Waals surface area contributed by atoms with Crippen LogP contribution in [-0.2, 0) is 19.4 Å². The van der Waals surface area contributed by atoms with E-state index in [1.165, 1.54) is 11.1 Å². The van der Waals surface area contributed by atoms with Crippen LogP contribution >= 0.6 is 0 Å². The Kier molecular flexibility index (Phi) is 3.11. The van der Waals surface area contributed by atoms with E-state index in [-0.39, 0.29) is 5.82 Å². The van der Waals surface area contributed by atoms with E-state index >= 15 is 0 Å². The molecule has 0 amide bonds. The predicted octanol–water partition coefficient (Wildman–Crippen LogP) is 3.08. The molecule has 1 aliphatic rings.